The van der Waals surface area contributed by atoms with Crippen LogP contribution < -0.4 is 0 Å². The number of benzene rings is 1. The number of amides is 1. The smallest absolute Gasteiger partial charge is 0.243 e. The van der Waals surface area contributed by atoms with Crippen molar-refractivity contribution in [3.05, 3.63) is 30.1 Å². The maximum absolute atomic E-state index is 13.0. The third-order valence-electron chi connectivity index (χ3n) is 4.58. The molecular weight excluding hydrogens is 345 g/mol. The average molecular weight is 371 g/mol. The van der Waals surface area contributed by atoms with Crippen LogP contribution in [0.1, 0.15) is 20.3 Å². The van der Waals surface area contributed by atoms with Crippen LogP contribution in [0.25, 0.3) is 0 Å². The molecule has 1 heterocycles. The van der Waals surface area contributed by atoms with Gasteiger partial charge in [0.1, 0.15) is 5.82 Å². The van der Waals surface area contributed by atoms with E-state index in [1.54, 1.807) is 4.90 Å². The van der Waals surface area contributed by atoms with E-state index in [1.807, 2.05) is 0 Å². The molecular formula is C17H26FN3O3S. The molecule has 1 amide bonds. The highest BCUT2D eigenvalue weighted by Gasteiger charge is 2.30. The first-order valence-electron chi connectivity index (χ1n) is 8.64. The zero-order valence-electron chi connectivity index (χ0n) is 14.8. The highest BCUT2D eigenvalue weighted by atomic mass is 32.2. The Labute approximate surface area is 149 Å². The second-order valence-corrected chi connectivity index (χ2v) is 7.95. The predicted molar refractivity (Wildman–Crippen MR) is 94.1 cm³/mol. The van der Waals surface area contributed by atoms with Gasteiger partial charge >= 0.3 is 0 Å². The van der Waals surface area contributed by atoms with Crippen LogP contribution in [0.4, 0.5) is 4.39 Å². The summed E-state index contributed by atoms with van der Waals surface area (Å²) in [6.45, 7) is 7.96. The number of halogens is 1. The molecule has 140 valence electrons. The maximum Gasteiger partial charge on any atom is 0.243 e. The van der Waals surface area contributed by atoms with Crippen LogP contribution in [0.2, 0.25) is 0 Å². The summed E-state index contributed by atoms with van der Waals surface area (Å²) in [6.07, 6.45) is 0.451. The lowest BCUT2D eigenvalue weighted by Crippen LogP contribution is -2.50. The second kappa shape index (κ2) is 8.73. The van der Waals surface area contributed by atoms with Crippen LogP contribution in [-0.2, 0) is 14.8 Å². The quantitative estimate of drug-likeness (QED) is 0.727. The van der Waals surface area contributed by atoms with Gasteiger partial charge in [0.15, 0.2) is 0 Å². The molecule has 0 atom stereocenters. The van der Waals surface area contributed by atoms with Crippen molar-refractivity contribution in [3.63, 3.8) is 0 Å². The molecule has 0 aromatic heterocycles. The molecule has 1 saturated heterocycles. The first-order valence-corrected chi connectivity index (χ1v) is 10.1. The fourth-order valence-corrected chi connectivity index (χ4v) is 4.31. The number of nitrogens with zero attached hydrogens (tertiary/aromatic N) is 3. The van der Waals surface area contributed by atoms with Crippen molar-refractivity contribution in [1.82, 2.24) is 14.1 Å². The topological polar surface area (TPSA) is 60.9 Å². The van der Waals surface area contributed by atoms with Crippen LogP contribution in [0, 0.1) is 5.82 Å². The molecule has 1 aliphatic rings. The first-order chi connectivity index (χ1) is 11.9. The van der Waals surface area contributed by atoms with E-state index in [0.717, 1.165) is 31.8 Å². The van der Waals surface area contributed by atoms with E-state index in [-0.39, 0.29) is 23.9 Å². The van der Waals surface area contributed by atoms with Crippen molar-refractivity contribution in [3.8, 4) is 0 Å². The van der Waals surface area contributed by atoms with Gasteiger partial charge in [-0.1, -0.05) is 13.8 Å². The molecule has 8 heteroatoms. The molecule has 1 aromatic rings. The van der Waals surface area contributed by atoms with E-state index in [2.05, 4.69) is 18.7 Å². The molecule has 6 nitrogen and oxygen atoms in total. The lowest BCUT2D eigenvalue weighted by Gasteiger charge is -2.34. The number of sulfonamides is 1. The standard InChI is InChI=1S/C17H26FN3O3S/c1-3-19(4-2)10-9-17(22)20-11-13-21(14-12-20)25(23,24)16-7-5-15(18)6-8-16/h5-8H,3-4,9-14H2,1-2H3. The van der Waals surface area contributed by atoms with E-state index >= 15 is 0 Å². The lowest BCUT2D eigenvalue weighted by molar-refractivity contribution is -0.132. The van der Waals surface area contributed by atoms with E-state index in [0.29, 0.717) is 19.5 Å². The monoisotopic (exact) mass is 371 g/mol. The van der Waals surface area contributed by atoms with Gasteiger partial charge in [-0.3, -0.25) is 4.79 Å². The summed E-state index contributed by atoms with van der Waals surface area (Å²) in [6, 6.07) is 4.82. The highest BCUT2D eigenvalue weighted by molar-refractivity contribution is 7.89. The largest absolute Gasteiger partial charge is 0.340 e. The van der Waals surface area contributed by atoms with Gasteiger partial charge in [0.2, 0.25) is 15.9 Å². The van der Waals surface area contributed by atoms with Gasteiger partial charge in [0.05, 0.1) is 4.90 Å². The Morgan fingerprint density at radius 2 is 1.64 bits per heavy atom. The summed E-state index contributed by atoms with van der Waals surface area (Å²) in [4.78, 5) is 16.3. The summed E-state index contributed by atoms with van der Waals surface area (Å²) in [5, 5.41) is 0. The highest BCUT2D eigenvalue weighted by Crippen LogP contribution is 2.18. The van der Waals surface area contributed by atoms with Crippen LogP contribution in [0.5, 0.6) is 0 Å². The Balaban J connectivity index is 1.90. The Hall–Kier alpha value is -1.51. The minimum atomic E-state index is -3.64. The number of carbonyl (C=O) groups is 1. The first kappa shape index (κ1) is 19.8. The Morgan fingerprint density at radius 1 is 1.08 bits per heavy atom. The zero-order valence-corrected chi connectivity index (χ0v) is 15.6. The molecule has 0 unspecified atom stereocenters. The van der Waals surface area contributed by atoms with Crippen LogP contribution in [-0.4, -0.2) is 74.2 Å². The number of hydrogen-bond donors (Lipinski definition) is 0. The van der Waals surface area contributed by atoms with Crippen molar-refractivity contribution >= 4 is 15.9 Å². The molecule has 0 radical (unpaired) electrons. The van der Waals surface area contributed by atoms with Crippen molar-refractivity contribution in [2.75, 3.05) is 45.8 Å². The van der Waals surface area contributed by atoms with Gasteiger partial charge in [-0.15, -0.1) is 0 Å². The van der Waals surface area contributed by atoms with Crippen molar-refractivity contribution in [2.45, 2.75) is 25.2 Å². The Bertz CT molecular complexity index is 667. The summed E-state index contributed by atoms with van der Waals surface area (Å²) in [5.74, 6) is -0.409. The van der Waals surface area contributed by atoms with Crippen molar-refractivity contribution in [2.24, 2.45) is 0 Å². The van der Waals surface area contributed by atoms with Crippen LogP contribution in [0.3, 0.4) is 0 Å². The third-order valence-corrected chi connectivity index (χ3v) is 6.49. The number of carbonyl (C=O) groups excluding carboxylic acids is 1. The molecule has 2 rings (SSSR count). The minimum Gasteiger partial charge on any atom is -0.340 e. The average Bonchev–Trinajstić information content (AvgIpc) is 2.63. The lowest BCUT2D eigenvalue weighted by atomic mass is 10.3. The Morgan fingerprint density at radius 3 is 2.16 bits per heavy atom. The molecule has 0 saturated carbocycles. The van der Waals surface area contributed by atoms with Gasteiger partial charge in [-0.05, 0) is 37.4 Å². The molecule has 1 aromatic carbocycles. The van der Waals surface area contributed by atoms with E-state index in [1.165, 1.54) is 16.4 Å². The van der Waals surface area contributed by atoms with Gasteiger partial charge in [-0.25, -0.2) is 12.8 Å². The van der Waals surface area contributed by atoms with E-state index in [4.69, 9.17) is 0 Å². The predicted octanol–water partition coefficient (Wildman–Crippen LogP) is 1.39. The summed E-state index contributed by atoms with van der Waals surface area (Å²) < 4.78 is 39.5. The van der Waals surface area contributed by atoms with Crippen molar-refractivity contribution in [1.29, 1.82) is 0 Å². The fraction of sp³-hybridized carbons (Fsp3) is 0.588. The summed E-state index contributed by atoms with van der Waals surface area (Å²) in [5.41, 5.74) is 0. The van der Waals surface area contributed by atoms with Crippen LogP contribution in [0.15, 0.2) is 29.2 Å². The minimum absolute atomic E-state index is 0.0609. The summed E-state index contributed by atoms with van der Waals surface area (Å²) >= 11 is 0. The molecule has 0 spiro atoms. The van der Waals surface area contributed by atoms with Gasteiger partial charge < -0.3 is 9.80 Å². The Kier molecular flexibility index (Phi) is 6.92. The molecule has 1 fully saturated rings. The number of piperazine rings is 1. The fourth-order valence-electron chi connectivity index (χ4n) is 2.89. The summed E-state index contributed by atoms with van der Waals surface area (Å²) in [7, 11) is -3.64. The zero-order chi connectivity index (χ0) is 18.4. The van der Waals surface area contributed by atoms with E-state index in [9.17, 15) is 17.6 Å². The molecule has 25 heavy (non-hydrogen) atoms. The number of rotatable bonds is 7. The van der Waals surface area contributed by atoms with Gasteiger partial charge in [0, 0.05) is 39.1 Å². The van der Waals surface area contributed by atoms with Crippen molar-refractivity contribution < 1.29 is 17.6 Å². The second-order valence-electron chi connectivity index (χ2n) is 6.02. The normalized spacial score (nSPS) is 16.4. The van der Waals surface area contributed by atoms with E-state index < -0.39 is 15.8 Å². The molecule has 0 N–H and O–H groups in total. The van der Waals surface area contributed by atoms with Crippen LogP contribution >= 0.6 is 0 Å². The maximum atomic E-state index is 13.0. The van der Waals surface area contributed by atoms with Gasteiger partial charge in [-0.2, -0.15) is 4.31 Å². The molecule has 0 aliphatic carbocycles. The SMILES string of the molecule is CCN(CC)CCC(=O)N1CCN(S(=O)(=O)c2ccc(F)cc2)CC1. The van der Waals surface area contributed by atoms with Gasteiger partial charge in [0.25, 0.3) is 0 Å². The third kappa shape index (κ3) is 4.99. The molecule has 1 aliphatic heterocycles. The number of hydrogen-bond acceptors (Lipinski definition) is 4. The molecule has 0 bridgehead atoms.